The zero-order valence-corrected chi connectivity index (χ0v) is 44.3. The molecule has 6 nitrogen and oxygen atoms in total. The Kier molecular flexibility index (Phi) is 53.7. The topological polar surface area (TPSA) is 78.9 Å². The second-order valence-electron chi connectivity index (χ2n) is 20.3. The van der Waals surface area contributed by atoms with E-state index in [1.165, 1.54) is 244 Å². The summed E-state index contributed by atoms with van der Waals surface area (Å²) < 4.78 is 16.9. The van der Waals surface area contributed by atoms with E-state index in [1.807, 2.05) is 0 Å². The molecule has 0 spiro atoms. The van der Waals surface area contributed by atoms with Crippen LogP contribution < -0.4 is 0 Å². The van der Waals surface area contributed by atoms with Crippen LogP contribution in [0.15, 0.2) is 0 Å². The lowest BCUT2D eigenvalue weighted by Gasteiger charge is -2.18. The van der Waals surface area contributed by atoms with Gasteiger partial charge < -0.3 is 14.2 Å². The van der Waals surface area contributed by atoms with Crippen LogP contribution in [0.25, 0.3) is 0 Å². The lowest BCUT2D eigenvalue weighted by molar-refractivity contribution is -0.167. The Bertz CT molecular complexity index is 967. The number of carbonyl (C=O) groups is 3. The summed E-state index contributed by atoms with van der Waals surface area (Å²) in [6.45, 7) is 6.71. The molecule has 0 bridgehead atoms. The van der Waals surface area contributed by atoms with E-state index < -0.39 is 6.10 Å². The first-order chi connectivity index (χ1) is 32.0. The van der Waals surface area contributed by atoms with Crippen molar-refractivity contribution in [3.05, 3.63) is 0 Å². The summed E-state index contributed by atoms with van der Waals surface area (Å²) in [5, 5.41) is 0. The van der Waals surface area contributed by atoms with E-state index in [0.717, 1.165) is 57.8 Å². The lowest BCUT2D eigenvalue weighted by Crippen LogP contribution is -2.30. The van der Waals surface area contributed by atoms with Crippen LogP contribution in [0.2, 0.25) is 0 Å². The van der Waals surface area contributed by atoms with Gasteiger partial charge in [-0.3, -0.25) is 14.4 Å². The second-order valence-corrected chi connectivity index (χ2v) is 20.3. The maximum absolute atomic E-state index is 12.8. The molecule has 0 aliphatic rings. The molecule has 386 valence electrons. The monoisotopic (exact) mass is 919 g/mol. The van der Waals surface area contributed by atoms with Crippen LogP contribution in [0.5, 0.6) is 0 Å². The molecule has 1 atom stereocenters. The third kappa shape index (κ3) is 53.2. The predicted octanol–water partition coefficient (Wildman–Crippen LogP) is 19.5. The molecule has 0 aromatic heterocycles. The molecule has 0 aromatic carbocycles. The molecule has 0 radical (unpaired) electrons. The Morgan fingerprint density at radius 2 is 0.415 bits per heavy atom. The minimum Gasteiger partial charge on any atom is -0.462 e. The number of hydrogen-bond acceptors (Lipinski definition) is 6. The van der Waals surface area contributed by atoms with E-state index in [9.17, 15) is 14.4 Å². The molecule has 0 N–H and O–H groups in total. The second kappa shape index (κ2) is 55.0. The summed E-state index contributed by atoms with van der Waals surface area (Å²) in [7, 11) is 0. The normalized spacial score (nSPS) is 11.9. The van der Waals surface area contributed by atoms with E-state index in [2.05, 4.69) is 20.8 Å². The van der Waals surface area contributed by atoms with Crippen LogP contribution in [-0.4, -0.2) is 37.2 Å². The number of esters is 3. The molecule has 0 aliphatic heterocycles. The van der Waals surface area contributed by atoms with E-state index >= 15 is 0 Å². The number of unbranched alkanes of at least 4 members (excludes halogenated alkanes) is 44. The zero-order valence-electron chi connectivity index (χ0n) is 44.3. The standard InChI is InChI=1S/C59H114O6/c1-4-7-10-13-16-19-22-25-28-29-30-31-32-35-37-40-43-46-49-52-58(61)64-55-56(65-59(62)53-50-47-44-41-38-34-27-24-21-18-15-12-9-6-3)54-63-57(60)51-48-45-42-39-36-33-26-23-20-17-14-11-8-5-2/h56H,4-55H2,1-3H3. The highest BCUT2D eigenvalue weighted by atomic mass is 16.6. The van der Waals surface area contributed by atoms with E-state index in [-0.39, 0.29) is 31.1 Å². The molecule has 0 heterocycles. The number of carbonyl (C=O) groups excluding carboxylic acids is 3. The first kappa shape index (κ1) is 63.4. The van der Waals surface area contributed by atoms with Gasteiger partial charge in [0.25, 0.3) is 0 Å². The summed E-state index contributed by atoms with van der Waals surface area (Å²) in [4.78, 5) is 38.1. The molecule has 0 amide bonds. The third-order valence-corrected chi connectivity index (χ3v) is 13.6. The summed E-state index contributed by atoms with van der Waals surface area (Å²) in [5.41, 5.74) is 0. The minimum atomic E-state index is -0.761. The molecule has 0 saturated carbocycles. The molecule has 6 heteroatoms. The zero-order chi connectivity index (χ0) is 47.2. The van der Waals surface area contributed by atoms with Crippen molar-refractivity contribution < 1.29 is 28.6 Å². The van der Waals surface area contributed by atoms with Crippen LogP contribution in [0, 0.1) is 0 Å². The van der Waals surface area contributed by atoms with Gasteiger partial charge in [-0.25, -0.2) is 0 Å². The van der Waals surface area contributed by atoms with Crippen LogP contribution in [0.3, 0.4) is 0 Å². The third-order valence-electron chi connectivity index (χ3n) is 13.6. The largest absolute Gasteiger partial charge is 0.462 e. The van der Waals surface area contributed by atoms with Crippen molar-refractivity contribution in [1.29, 1.82) is 0 Å². The molecule has 65 heavy (non-hydrogen) atoms. The summed E-state index contributed by atoms with van der Waals surface area (Å²) in [6, 6.07) is 0. The average Bonchev–Trinajstić information content (AvgIpc) is 3.30. The number of ether oxygens (including phenoxy) is 3. The Hall–Kier alpha value is -1.59. The van der Waals surface area contributed by atoms with Crippen molar-refractivity contribution in [2.24, 2.45) is 0 Å². The van der Waals surface area contributed by atoms with Crippen LogP contribution in [0.1, 0.15) is 342 Å². The quantitative estimate of drug-likeness (QED) is 0.0344. The molecule has 0 fully saturated rings. The Balaban J connectivity index is 4.26. The molecule has 0 aliphatic carbocycles. The molecule has 1 unspecified atom stereocenters. The van der Waals surface area contributed by atoms with Gasteiger partial charge in [0, 0.05) is 19.3 Å². The Morgan fingerprint density at radius 1 is 0.246 bits per heavy atom. The fraction of sp³-hybridized carbons (Fsp3) is 0.949. The van der Waals surface area contributed by atoms with Crippen LogP contribution in [0.4, 0.5) is 0 Å². The van der Waals surface area contributed by atoms with Crippen LogP contribution in [-0.2, 0) is 28.6 Å². The van der Waals surface area contributed by atoms with E-state index in [4.69, 9.17) is 14.2 Å². The van der Waals surface area contributed by atoms with Crippen molar-refractivity contribution in [2.75, 3.05) is 13.2 Å². The van der Waals surface area contributed by atoms with E-state index in [1.54, 1.807) is 0 Å². The van der Waals surface area contributed by atoms with Gasteiger partial charge in [0.1, 0.15) is 13.2 Å². The first-order valence-electron chi connectivity index (χ1n) is 29.5. The summed E-state index contributed by atoms with van der Waals surface area (Å²) in [5.74, 6) is -0.831. The Morgan fingerprint density at radius 3 is 0.615 bits per heavy atom. The van der Waals surface area contributed by atoms with Crippen molar-refractivity contribution >= 4 is 17.9 Å². The highest BCUT2D eigenvalue weighted by molar-refractivity contribution is 5.71. The Labute approximate surface area is 406 Å². The first-order valence-corrected chi connectivity index (χ1v) is 29.5. The fourth-order valence-corrected chi connectivity index (χ4v) is 9.15. The van der Waals surface area contributed by atoms with E-state index in [0.29, 0.717) is 19.3 Å². The van der Waals surface area contributed by atoms with Gasteiger partial charge in [0.2, 0.25) is 0 Å². The molecular formula is C59H114O6. The van der Waals surface area contributed by atoms with Gasteiger partial charge in [-0.05, 0) is 19.3 Å². The van der Waals surface area contributed by atoms with Crippen molar-refractivity contribution in [3.8, 4) is 0 Å². The molecule has 0 rings (SSSR count). The maximum Gasteiger partial charge on any atom is 0.306 e. The highest BCUT2D eigenvalue weighted by Gasteiger charge is 2.19. The predicted molar refractivity (Wildman–Crippen MR) is 280 cm³/mol. The minimum absolute atomic E-state index is 0.0609. The number of rotatable bonds is 55. The van der Waals surface area contributed by atoms with Gasteiger partial charge in [0.05, 0.1) is 0 Å². The van der Waals surface area contributed by atoms with Gasteiger partial charge in [-0.1, -0.05) is 303 Å². The van der Waals surface area contributed by atoms with Gasteiger partial charge >= 0.3 is 17.9 Å². The smallest absolute Gasteiger partial charge is 0.306 e. The van der Waals surface area contributed by atoms with Crippen molar-refractivity contribution in [1.82, 2.24) is 0 Å². The van der Waals surface area contributed by atoms with Gasteiger partial charge in [-0.2, -0.15) is 0 Å². The number of hydrogen-bond donors (Lipinski definition) is 0. The molecular weight excluding hydrogens is 805 g/mol. The van der Waals surface area contributed by atoms with Crippen LogP contribution >= 0.6 is 0 Å². The van der Waals surface area contributed by atoms with Gasteiger partial charge in [-0.15, -0.1) is 0 Å². The summed E-state index contributed by atoms with van der Waals surface area (Å²) >= 11 is 0. The summed E-state index contributed by atoms with van der Waals surface area (Å²) in [6.07, 6.45) is 60.9. The van der Waals surface area contributed by atoms with Crippen molar-refractivity contribution in [2.45, 2.75) is 348 Å². The highest BCUT2D eigenvalue weighted by Crippen LogP contribution is 2.18. The average molecular weight is 920 g/mol. The lowest BCUT2D eigenvalue weighted by atomic mass is 10.0. The fourth-order valence-electron chi connectivity index (χ4n) is 9.15. The van der Waals surface area contributed by atoms with Crippen molar-refractivity contribution in [3.63, 3.8) is 0 Å². The molecule has 0 saturated heterocycles. The molecule has 0 aromatic rings. The maximum atomic E-state index is 12.8. The van der Waals surface area contributed by atoms with Gasteiger partial charge in [0.15, 0.2) is 6.10 Å². The SMILES string of the molecule is CCCCCCCCCCCCCCCCCCCCCC(=O)OCC(COC(=O)CCCCCCCCCCCCCCCC)OC(=O)CCCCCCCCCCCCCCCC.